The van der Waals surface area contributed by atoms with Gasteiger partial charge in [0.25, 0.3) is 0 Å². The lowest BCUT2D eigenvalue weighted by Gasteiger charge is -2.17. The molecular formula is C16H22N2O3. The topological polar surface area (TPSA) is 81.4 Å². The Labute approximate surface area is 124 Å². The third-order valence-corrected chi connectivity index (χ3v) is 3.68. The average Bonchev–Trinajstić information content (AvgIpc) is 3.01. The third kappa shape index (κ3) is 4.86. The summed E-state index contributed by atoms with van der Waals surface area (Å²) in [7, 11) is 0. The minimum absolute atomic E-state index is 0.226. The van der Waals surface area contributed by atoms with Gasteiger partial charge in [-0.15, -0.1) is 0 Å². The number of hydrogen-bond donors (Lipinski definition) is 2. The minimum Gasteiger partial charge on any atom is -0.368 e. The van der Waals surface area contributed by atoms with Gasteiger partial charge in [0.1, 0.15) is 12.1 Å². The maximum Gasteiger partial charge on any atom is 0.249 e. The van der Waals surface area contributed by atoms with Crippen LogP contribution in [0.5, 0.6) is 0 Å². The van der Waals surface area contributed by atoms with E-state index in [1.807, 2.05) is 30.3 Å². The van der Waals surface area contributed by atoms with E-state index in [4.69, 9.17) is 10.5 Å². The number of benzene rings is 1. The summed E-state index contributed by atoms with van der Waals surface area (Å²) in [5.74, 6) is -0.717. The van der Waals surface area contributed by atoms with Gasteiger partial charge in [-0.05, 0) is 37.7 Å². The van der Waals surface area contributed by atoms with Gasteiger partial charge in [-0.2, -0.15) is 0 Å². The van der Waals surface area contributed by atoms with Crippen LogP contribution in [0.2, 0.25) is 0 Å². The first kappa shape index (κ1) is 15.5. The quantitative estimate of drug-likeness (QED) is 0.790. The number of aryl methyl sites for hydroxylation is 1. The Bertz CT molecular complexity index is 470. The van der Waals surface area contributed by atoms with Crippen LogP contribution < -0.4 is 11.1 Å². The molecule has 0 saturated carbocycles. The molecule has 1 fully saturated rings. The zero-order valence-electron chi connectivity index (χ0n) is 12.1. The van der Waals surface area contributed by atoms with Gasteiger partial charge in [-0.3, -0.25) is 9.59 Å². The molecule has 1 aromatic rings. The Morgan fingerprint density at radius 3 is 2.71 bits per heavy atom. The SMILES string of the molecule is NC(=O)[C@H](CCCc1ccccc1)NC(=O)[C@H]1CCCO1. The maximum atomic E-state index is 11.9. The summed E-state index contributed by atoms with van der Waals surface area (Å²) in [5.41, 5.74) is 6.58. The smallest absolute Gasteiger partial charge is 0.249 e. The molecule has 1 aliphatic heterocycles. The average molecular weight is 290 g/mol. The molecule has 1 heterocycles. The van der Waals surface area contributed by atoms with E-state index < -0.39 is 18.1 Å². The van der Waals surface area contributed by atoms with Gasteiger partial charge in [0.15, 0.2) is 0 Å². The predicted octanol–water partition coefficient (Wildman–Crippen LogP) is 1.16. The van der Waals surface area contributed by atoms with Crippen LogP contribution in [0.1, 0.15) is 31.2 Å². The molecule has 5 heteroatoms. The number of nitrogens with one attached hydrogen (secondary N) is 1. The normalized spacial score (nSPS) is 19.1. The molecule has 21 heavy (non-hydrogen) atoms. The van der Waals surface area contributed by atoms with Crippen LogP contribution in [0.3, 0.4) is 0 Å². The van der Waals surface area contributed by atoms with Crippen molar-refractivity contribution in [2.75, 3.05) is 6.61 Å². The first-order chi connectivity index (χ1) is 10.2. The number of carbonyl (C=O) groups excluding carboxylic acids is 2. The molecule has 1 saturated heterocycles. The molecule has 0 aromatic heterocycles. The van der Waals surface area contributed by atoms with Gasteiger partial charge in [0.05, 0.1) is 0 Å². The molecule has 2 rings (SSSR count). The molecule has 2 amide bonds. The molecule has 0 aliphatic carbocycles. The summed E-state index contributed by atoms with van der Waals surface area (Å²) in [5, 5.41) is 2.71. The zero-order valence-corrected chi connectivity index (χ0v) is 12.1. The highest BCUT2D eigenvalue weighted by Gasteiger charge is 2.27. The van der Waals surface area contributed by atoms with E-state index in [1.165, 1.54) is 5.56 Å². The third-order valence-electron chi connectivity index (χ3n) is 3.68. The Morgan fingerprint density at radius 2 is 2.10 bits per heavy atom. The van der Waals surface area contributed by atoms with E-state index in [9.17, 15) is 9.59 Å². The Balaban J connectivity index is 1.79. The highest BCUT2D eigenvalue weighted by atomic mass is 16.5. The van der Waals surface area contributed by atoms with Gasteiger partial charge in [0.2, 0.25) is 11.8 Å². The number of primary amides is 1. The van der Waals surface area contributed by atoms with Gasteiger partial charge in [-0.25, -0.2) is 0 Å². The Kier molecular flexibility index (Phi) is 5.75. The molecule has 0 spiro atoms. The second-order valence-corrected chi connectivity index (χ2v) is 5.34. The van der Waals surface area contributed by atoms with Crippen molar-refractivity contribution < 1.29 is 14.3 Å². The molecule has 1 aliphatic rings. The lowest BCUT2D eigenvalue weighted by molar-refractivity contribution is -0.133. The second-order valence-electron chi connectivity index (χ2n) is 5.34. The maximum absolute atomic E-state index is 11.9. The molecular weight excluding hydrogens is 268 g/mol. The second kappa shape index (κ2) is 7.78. The fourth-order valence-electron chi connectivity index (χ4n) is 2.49. The standard InChI is InChI=1S/C16H22N2O3/c17-15(19)13(18-16(20)14-10-5-11-21-14)9-4-8-12-6-2-1-3-7-12/h1-3,6-7,13-14H,4-5,8-11H2,(H2,17,19)(H,18,20)/t13-,14+/m0/s1. The van der Waals surface area contributed by atoms with Crippen molar-refractivity contribution in [3.05, 3.63) is 35.9 Å². The van der Waals surface area contributed by atoms with E-state index in [2.05, 4.69) is 5.32 Å². The van der Waals surface area contributed by atoms with Crippen molar-refractivity contribution in [1.82, 2.24) is 5.32 Å². The van der Waals surface area contributed by atoms with Gasteiger partial charge in [-0.1, -0.05) is 30.3 Å². The number of ether oxygens (including phenoxy) is 1. The van der Waals surface area contributed by atoms with Crippen LogP contribution in [0.4, 0.5) is 0 Å². The monoisotopic (exact) mass is 290 g/mol. The van der Waals surface area contributed by atoms with Crippen LogP contribution in [-0.4, -0.2) is 30.6 Å². The van der Waals surface area contributed by atoms with Gasteiger partial charge < -0.3 is 15.8 Å². The largest absolute Gasteiger partial charge is 0.368 e. The van der Waals surface area contributed by atoms with E-state index in [1.54, 1.807) is 0 Å². The van der Waals surface area contributed by atoms with Crippen LogP contribution in [0.25, 0.3) is 0 Å². The molecule has 5 nitrogen and oxygen atoms in total. The number of hydrogen-bond acceptors (Lipinski definition) is 3. The minimum atomic E-state index is -0.620. The molecule has 1 aromatic carbocycles. The van der Waals surface area contributed by atoms with Crippen molar-refractivity contribution in [1.29, 1.82) is 0 Å². The lowest BCUT2D eigenvalue weighted by atomic mass is 10.0. The molecule has 0 radical (unpaired) electrons. The number of rotatable bonds is 7. The fraction of sp³-hybridized carbons (Fsp3) is 0.500. The first-order valence-electron chi connectivity index (χ1n) is 7.42. The lowest BCUT2D eigenvalue weighted by Crippen LogP contribution is -2.48. The van der Waals surface area contributed by atoms with E-state index >= 15 is 0 Å². The van der Waals surface area contributed by atoms with Crippen molar-refractivity contribution in [2.24, 2.45) is 5.73 Å². The first-order valence-corrected chi connectivity index (χ1v) is 7.42. The summed E-state index contributed by atoms with van der Waals surface area (Å²) >= 11 is 0. The van der Waals surface area contributed by atoms with Crippen molar-refractivity contribution >= 4 is 11.8 Å². The van der Waals surface area contributed by atoms with Crippen molar-refractivity contribution in [3.63, 3.8) is 0 Å². The van der Waals surface area contributed by atoms with Gasteiger partial charge >= 0.3 is 0 Å². The number of carbonyl (C=O) groups is 2. The van der Waals surface area contributed by atoms with Crippen LogP contribution in [0, 0.1) is 0 Å². The molecule has 2 atom stereocenters. The highest BCUT2D eigenvalue weighted by Crippen LogP contribution is 2.13. The van der Waals surface area contributed by atoms with Crippen LogP contribution in [0.15, 0.2) is 30.3 Å². The fourth-order valence-corrected chi connectivity index (χ4v) is 2.49. The van der Waals surface area contributed by atoms with Gasteiger partial charge in [0, 0.05) is 6.61 Å². The number of nitrogens with two attached hydrogens (primary N) is 1. The number of amides is 2. The van der Waals surface area contributed by atoms with Crippen molar-refractivity contribution in [2.45, 2.75) is 44.2 Å². The van der Waals surface area contributed by atoms with Crippen molar-refractivity contribution in [3.8, 4) is 0 Å². The van der Waals surface area contributed by atoms with E-state index in [-0.39, 0.29) is 5.91 Å². The summed E-state index contributed by atoms with van der Waals surface area (Å²) in [4.78, 5) is 23.4. The molecule has 114 valence electrons. The van der Waals surface area contributed by atoms with Crippen LogP contribution in [-0.2, 0) is 20.7 Å². The summed E-state index contributed by atoms with van der Waals surface area (Å²) < 4.78 is 5.30. The highest BCUT2D eigenvalue weighted by molar-refractivity contribution is 5.88. The van der Waals surface area contributed by atoms with Crippen LogP contribution >= 0.6 is 0 Å². The Morgan fingerprint density at radius 1 is 1.33 bits per heavy atom. The molecule has 0 bridgehead atoms. The molecule has 3 N–H and O–H groups in total. The summed E-state index contributed by atoms with van der Waals surface area (Å²) in [6, 6.07) is 9.41. The summed E-state index contributed by atoms with van der Waals surface area (Å²) in [6.07, 6.45) is 3.36. The molecule has 0 unspecified atom stereocenters. The zero-order chi connectivity index (χ0) is 15.1. The predicted molar refractivity (Wildman–Crippen MR) is 79.5 cm³/mol. The van der Waals surface area contributed by atoms with E-state index in [0.29, 0.717) is 19.4 Å². The Hall–Kier alpha value is -1.88. The van der Waals surface area contributed by atoms with E-state index in [0.717, 1.165) is 19.3 Å². The summed E-state index contributed by atoms with van der Waals surface area (Å²) in [6.45, 7) is 0.604.